The fourth-order valence-electron chi connectivity index (χ4n) is 2.47. The lowest BCUT2D eigenvalue weighted by Crippen LogP contribution is -3.12. The summed E-state index contributed by atoms with van der Waals surface area (Å²) in [5.41, 5.74) is 0.682. The highest BCUT2D eigenvalue weighted by Crippen LogP contribution is 2.22. The lowest BCUT2D eigenvalue weighted by Gasteiger charge is -2.18. The first-order chi connectivity index (χ1) is 11.5. The minimum Gasteiger partial charge on any atom is -0.495 e. The van der Waals surface area contributed by atoms with E-state index in [2.05, 4.69) is 17.3 Å². The molecule has 0 saturated heterocycles. The smallest absolute Gasteiger partial charge is 0.279 e. The minimum atomic E-state index is -0.0542. The molecule has 0 spiro atoms. The van der Waals surface area contributed by atoms with Crippen LogP contribution in [-0.4, -0.2) is 35.9 Å². The van der Waals surface area contributed by atoms with E-state index in [-0.39, 0.29) is 5.91 Å². The molecule has 0 aliphatic rings. The minimum absolute atomic E-state index is 0.0542. The first-order valence-electron chi connectivity index (χ1n) is 7.84. The summed E-state index contributed by atoms with van der Waals surface area (Å²) in [4.78, 5) is 13.5. The Balaban J connectivity index is 2.02. The van der Waals surface area contributed by atoms with Crippen molar-refractivity contribution in [1.29, 1.82) is 0 Å². The molecule has 24 heavy (non-hydrogen) atoms. The lowest BCUT2D eigenvalue weighted by atomic mass is 10.3. The number of hydrogen-bond acceptors (Lipinski definition) is 5. The SMILES string of the molecule is CCC[NH+](CC(=O)Nc1ccccc1OC)Cn1nc(C)sc1=S. The molecule has 8 heteroatoms. The molecule has 2 aromatic rings. The lowest BCUT2D eigenvalue weighted by molar-refractivity contribution is -0.915. The van der Waals surface area contributed by atoms with E-state index >= 15 is 0 Å². The quantitative estimate of drug-likeness (QED) is 0.700. The first kappa shape index (κ1) is 18.6. The number of hydrogen-bond donors (Lipinski definition) is 2. The van der Waals surface area contributed by atoms with Crippen LogP contribution in [0.25, 0.3) is 0 Å². The maximum atomic E-state index is 12.4. The molecule has 0 fully saturated rings. The summed E-state index contributed by atoms with van der Waals surface area (Å²) in [7, 11) is 1.59. The molecule has 0 radical (unpaired) electrons. The van der Waals surface area contributed by atoms with Gasteiger partial charge in [-0.1, -0.05) is 30.4 Å². The van der Waals surface area contributed by atoms with Gasteiger partial charge in [0.1, 0.15) is 10.8 Å². The second kappa shape index (κ2) is 8.91. The molecule has 0 aliphatic carbocycles. The predicted octanol–water partition coefficient (Wildman–Crippen LogP) is 1.88. The van der Waals surface area contributed by atoms with E-state index < -0.39 is 0 Å². The summed E-state index contributed by atoms with van der Waals surface area (Å²) in [5.74, 6) is 0.599. The van der Waals surface area contributed by atoms with E-state index in [0.29, 0.717) is 24.7 Å². The van der Waals surface area contributed by atoms with Gasteiger partial charge < -0.3 is 15.0 Å². The van der Waals surface area contributed by atoms with Gasteiger partial charge in [0.05, 0.1) is 19.3 Å². The van der Waals surface area contributed by atoms with Crippen LogP contribution in [0.15, 0.2) is 24.3 Å². The molecule has 1 aromatic carbocycles. The standard InChI is InChI=1S/C16H22N4O2S2/c1-4-9-19(11-20-16(23)24-12(2)18-20)10-15(21)17-13-7-5-6-8-14(13)22-3/h5-8H,4,9-11H2,1-3H3,(H,17,21)/p+1. The number of nitrogens with one attached hydrogen (secondary N) is 2. The van der Waals surface area contributed by atoms with Crippen molar-refractivity contribution in [3.05, 3.63) is 33.2 Å². The summed E-state index contributed by atoms with van der Waals surface area (Å²) < 4.78 is 7.81. The molecule has 0 bridgehead atoms. The summed E-state index contributed by atoms with van der Waals surface area (Å²) in [5, 5.41) is 8.27. The van der Waals surface area contributed by atoms with Gasteiger partial charge in [-0.05, 0) is 37.7 Å². The van der Waals surface area contributed by atoms with E-state index in [9.17, 15) is 4.79 Å². The van der Waals surface area contributed by atoms with E-state index in [1.165, 1.54) is 11.3 Å². The van der Waals surface area contributed by atoms with Gasteiger partial charge in [-0.3, -0.25) is 4.79 Å². The van der Waals surface area contributed by atoms with Crippen molar-refractivity contribution >= 4 is 35.1 Å². The van der Waals surface area contributed by atoms with E-state index in [0.717, 1.165) is 26.8 Å². The topological polar surface area (TPSA) is 60.6 Å². The number of quaternary nitrogens is 1. The Bertz CT molecular complexity index is 742. The van der Waals surface area contributed by atoms with Gasteiger partial charge >= 0.3 is 0 Å². The Hall–Kier alpha value is -1.77. The molecule has 2 rings (SSSR count). The predicted molar refractivity (Wildman–Crippen MR) is 98.3 cm³/mol. The van der Waals surface area contributed by atoms with Crippen LogP contribution < -0.4 is 15.0 Å². The van der Waals surface area contributed by atoms with Gasteiger partial charge in [0, 0.05) is 0 Å². The number of methoxy groups -OCH3 is 1. The number of aromatic nitrogens is 2. The molecule has 0 saturated carbocycles. The number of ether oxygens (including phenoxy) is 1. The second-order valence-electron chi connectivity index (χ2n) is 5.47. The zero-order valence-corrected chi connectivity index (χ0v) is 15.8. The maximum absolute atomic E-state index is 12.4. The zero-order valence-electron chi connectivity index (χ0n) is 14.2. The Morgan fingerprint density at radius 2 is 2.21 bits per heavy atom. The molecule has 1 amide bonds. The highest BCUT2D eigenvalue weighted by Gasteiger charge is 2.16. The van der Waals surface area contributed by atoms with Crippen LogP contribution in [0.4, 0.5) is 5.69 Å². The van der Waals surface area contributed by atoms with Gasteiger partial charge in [0.2, 0.25) is 0 Å². The first-order valence-corrected chi connectivity index (χ1v) is 9.07. The number of aryl methyl sites for hydroxylation is 1. The van der Waals surface area contributed by atoms with Gasteiger partial charge in [-0.15, -0.1) is 0 Å². The Kier molecular flexibility index (Phi) is 6.89. The number of carbonyl (C=O) groups excluding carboxylic acids is 1. The molecular formula is C16H23N4O2S2+. The molecule has 1 unspecified atom stereocenters. The van der Waals surface area contributed by atoms with E-state index in [1.54, 1.807) is 11.8 Å². The normalized spacial score (nSPS) is 12.0. The molecule has 0 aliphatic heterocycles. The van der Waals surface area contributed by atoms with Crippen molar-refractivity contribution in [2.45, 2.75) is 26.9 Å². The number of para-hydroxylation sites is 2. The number of rotatable bonds is 8. The van der Waals surface area contributed by atoms with Crippen LogP contribution in [0.5, 0.6) is 5.75 Å². The number of carbonyl (C=O) groups is 1. The molecule has 1 atom stereocenters. The average molecular weight is 368 g/mol. The van der Waals surface area contributed by atoms with Crippen LogP contribution in [0.3, 0.4) is 0 Å². The highest BCUT2D eigenvalue weighted by molar-refractivity contribution is 7.73. The number of nitrogens with zero attached hydrogens (tertiary/aromatic N) is 2. The summed E-state index contributed by atoms with van der Waals surface area (Å²) in [6.07, 6.45) is 0.980. The molecule has 1 heterocycles. The van der Waals surface area contributed by atoms with Crippen LogP contribution in [0.1, 0.15) is 18.4 Å². The summed E-state index contributed by atoms with van der Waals surface area (Å²) in [6, 6.07) is 7.39. The van der Waals surface area contributed by atoms with Crippen LogP contribution in [-0.2, 0) is 11.5 Å². The van der Waals surface area contributed by atoms with Gasteiger partial charge in [0.25, 0.3) is 5.91 Å². The van der Waals surface area contributed by atoms with Crippen LogP contribution >= 0.6 is 23.6 Å². The average Bonchev–Trinajstić information content (AvgIpc) is 2.85. The monoisotopic (exact) mass is 367 g/mol. The fraction of sp³-hybridized carbons (Fsp3) is 0.438. The number of amides is 1. The second-order valence-corrected chi connectivity index (χ2v) is 7.30. The van der Waals surface area contributed by atoms with Crippen molar-refractivity contribution in [1.82, 2.24) is 9.78 Å². The van der Waals surface area contributed by atoms with Crippen LogP contribution in [0, 0.1) is 10.9 Å². The molecular weight excluding hydrogens is 344 g/mol. The van der Waals surface area contributed by atoms with E-state index in [1.807, 2.05) is 31.2 Å². The third kappa shape index (κ3) is 5.12. The third-order valence-corrected chi connectivity index (χ3v) is 4.70. The summed E-state index contributed by atoms with van der Waals surface area (Å²) >= 11 is 6.81. The molecule has 2 N–H and O–H groups in total. The van der Waals surface area contributed by atoms with Crippen molar-refractivity contribution in [2.75, 3.05) is 25.5 Å². The highest BCUT2D eigenvalue weighted by atomic mass is 32.1. The largest absolute Gasteiger partial charge is 0.495 e. The van der Waals surface area contributed by atoms with Crippen molar-refractivity contribution in [3.63, 3.8) is 0 Å². The van der Waals surface area contributed by atoms with Gasteiger partial charge in [-0.25, -0.2) is 0 Å². The van der Waals surface area contributed by atoms with Crippen molar-refractivity contribution < 1.29 is 14.4 Å². The van der Waals surface area contributed by atoms with Gasteiger partial charge in [-0.2, -0.15) is 9.78 Å². The fourth-order valence-corrected chi connectivity index (χ4v) is 3.54. The Morgan fingerprint density at radius 1 is 1.46 bits per heavy atom. The third-order valence-electron chi connectivity index (χ3n) is 3.48. The number of benzene rings is 1. The summed E-state index contributed by atoms with van der Waals surface area (Å²) in [6.45, 7) is 5.85. The Morgan fingerprint density at radius 3 is 2.83 bits per heavy atom. The maximum Gasteiger partial charge on any atom is 0.279 e. The van der Waals surface area contributed by atoms with Gasteiger partial charge in [0.15, 0.2) is 17.2 Å². The van der Waals surface area contributed by atoms with Crippen molar-refractivity contribution in [2.24, 2.45) is 0 Å². The Labute approximate surface area is 151 Å². The molecule has 1 aromatic heterocycles. The number of anilines is 1. The van der Waals surface area contributed by atoms with Crippen molar-refractivity contribution in [3.8, 4) is 5.75 Å². The molecule has 130 valence electrons. The van der Waals surface area contributed by atoms with E-state index in [4.69, 9.17) is 17.0 Å². The zero-order chi connectivity index (χ0) is 17.5. The van der Waals surface area contributed by atoms with Crippen LogP contribution in [0.2, 0.25) is 0 Å². The molecule has 6 nitrogen and oxygen atoms in total.